The van der Waals surface area contributed by atoms with E-state index in [1.165, 1.54) is 11.3 Å². The van der Waals surface area contributed by atoms with E-state index in [2.05, 4.69) is 15.2 Å². The number of morpholine rings is 1. The van der Waals surface area contributed by atoms with Gasteiger partial charge in [-0.3, -0.25) is 14.7 Å². The number of nitrogens with zero attached hydrogens (tertiary/aromatic N) is 3. The third kappa shape index (κ3) is 6.24. The molecule has 2 aliphatic rings. The van der Waals surface area contributed by atoms with Gasteiger partial charge in [0, 0.05) is 52.0 Å². The number of benzene rings is 1. The Morgan fingerprint density at radius 2 is 2.25 bits per heavy atom. The smallest absolute Gasteiger partial charge is 0.338 e. The maximum Gasteiger partial charge on any atom is 0.338 e. The van der Waals surface area contributed by atoms with Gasteiger partial charge in [0.2, 0.25) is 0 Å². The lowest BCUT2D eigenvalue weighted by Crippen LogP contribution is -2.49. The van der Waals surface area contributed by atoms with Gasteiger partial charge in [-0.15, -0.1) is 11.3 Å². The molecule has 2 aromatic rings. The van der Waals surface area contributed by atoms with Crippen LogP contribution in [0.5, 0.6) is 0 Å². The molecule has 1 saturated heterocycles. The minimum Gasteiger partial charge on any atom is -0.468 e. The van der Waals surface area contributed by atoms with Crippen LogP contribution in [0.1, 0.15) is 30.0 Å². The Hall–Kier alpha value is -2.50. The number of aromatic nitrogens is 1. The van der Waals surface area contributed by atoms with Gasteiger partial charge in [0.25, 0.3) is 6.47 Å². The van der Waals surface area contributed by atoms with Gasteiger partial charge < -0.3 is 19.5 Å². The highest BCUT2D eigenvalue weighted by atomic mass is 35.5. The van der Waals surface area contributed by atoms with Crippen LogP contribution in [0.15, 0.2) is 46.0 Å². The van der Waals surface area contributed by atoms with E-state index in [0.717, 1.165) is 0 Å². The van der Waals surface area contributed by atoms with E-state index in [9.17, 15) is 9.59 Å². The largest absolute Gasteiger partial charge is 0.468 e. The molecule has 0 amide bonds. The van der Waals surface area contributed by atoms with Crippen LogP contribution in [-0.2, 0) is 23.8 Å². The fourth-order valence-corrected chi connectivity index (χ4v) is 5.29. The Balaban J connectivity index is 1.76. The second-order valence-corrected chi connectivity index (χ2v) is 9.81. The summed E-state index contributed by atoms with van der Waals surface area (Å²) in [4.78, 5) is 35.4. The topological polar surface area (TPSA) is 102 Å². The second kappa shape index (κ2) is 12.6. The first-order chi connectivity index (χ1) is 17.5. The zero-order chi connectivity index (χ0) is 25.5. The molecule has 36 heavy (non-hydrogen) atoms. The van der Waals surface area contributed by atoms with E-state index in [4.69, 9.17) is 42.4 Å². The van der Waals surface area contributed by atoms with Crippen LogP contribution in [0.2, 0.25) is 10.0 Å². The molecule has 1 aromatic carbocycles. The monoisotopic (exact) mass is 552 g/mol. The summed E-state index contributed by atoms with van der Waals surface area (Å²) in [6, 6.07) is 4.40. The first-order valence-electron chi connectivity index (χ1n) is 11.5. The van der Waals surface area contributed by atoms with E-state index in [1.54, 1.807) is 31.3 Å². The van der Waals surface area contributed by atoms with E-state index in [0.29, 0.717) is 76.9 Å². The quantitative estimate of drug-likeness (QED) is 0.271. The van der Waals surface area contributed by atoms with Gasteiger partial charge in [0.1, 0.15) is 6.04 Å². The first kappa shape index (κ1) is 26.6. The number of aliphatic imine (C=N–C) groups is 1. The molecular weight excluding hydrogens is 527 g/mol. The normalized spacial score (nSPS) is 20.5. The van der Waals surface area contributed by atoms with Crippen LogP contribution in [-0.4, -0.2) is 73.7 Å². The molecule has 4 rings (SSSR count). The van der Waals surface area contributed by atoms with Crippen molar-refractivity contribution in [2.45, 2.75) is 25.4 Å². The third-order valence-corrected chi connectivity index (χ3v) is 7.20. The maximum absolute atomic E-state index is 13.3. The van der Waals surface area contributed by atoms with E-state index < -0.39 is 12.0 Å². The fraction of sp³-hybridized carbons (Fsp3) is 0.417. The molecule has 0 spiro atoms. The van der Waals surface area contributed by atoms with Crippen LogP contribution < -0.4 is 5.32 Å². The van der Waals surface area contributed by atoms with Gasteiger partial charge in [0.05, 0.1) is 32.0 Å². The second-order valence-electron chi connectivity index (χ2n) is 8.08. The predicted molar refractivity (Wildman–Crippen MR) is 137 cm³/mol. The summed E-state index contributed by atoms with van der Waals surface area (Å²) in [6.07, 6.45) is 2.30. The lowest BCUT2D eigenvalue weighted by Gasteiger charge is -2.37. The average Bonchev–Trinajstić information content (AvgIpc) is 3.40. The molecule has 3 heterocycles. The summed E-state index contributed by atoms with van der Waals surface area (Å²) in [5.41, 5.74) is 1.65. The number of thiazole rings is 1. The number of hydrogen-bond acceptors (Lipinski definition) is 10. The Labute approximate surface area is 223 Å². The Morgan fingerprint density at radius 3 is 2.97 bits per heavy atom. The van der Waals surface area contributed by atoms with Crippen LogP contribution in [0.3, 0.4) is 0 Å². The number of carbonyl (C=O) groups is 2. The number of amidine groups is 1. The molecule has 2 unspecified atom stereocenters. The highest BCUT2D eigenvalue weighted by Crippen LogP contribution is 2.37. The highest BCUT2D eigenvalue weighted by Gasteiger charge is 2.35. The minimum absolute atomic E-state index is 0.00352. The van der Waals surface area contributed by atoms with Gasteiger partial charge in [-0.2, -0.15) is 0 Å². The van der Waals surface area contributed by atoms with Crippen molar-refractivity contribution in [3.8, 4) is 0 Å². The molecule has 192 valence electrons. The summed E-state index contributed by atoms with van der Waals surface area (Å²) >= 11 is 14.2. The third-order valence-electron chi connectivity index (χ3n) is 5.86. The van der Waals surface area contributed by atoms with E-state index in [1.807, 2.05) is 5.38 Å². The van der Waals surface area contributed by atoms with Crippen molar-refractivity contribution in [3.63, 3.8) is 0 Å². The predicted octanol–water partition coefficient (Wildman–Crippen LogP) is 3.62. The molecule has 0 saturated carbocycles. The van der Waals surface area contributed by atoms with Crippen LogP contribution in [0, 0.1) is 0 Å². The van der Waals surface area contributed by atoms with Gasteiger partial charge in [-0.1, -0.05) is 29.3 Å². The van der Waals surface area contributed by atoms with Crippen molar-refractivity contribution >= 4 is 52.8 Å². The summed E-state index contributed by atoms with van der Waals surface area (Å²) in [5.74, 6) is 0.0604. The molecular formula is C24H26Cl2N4O5S. The number of hydrogen-bond donors (Lipinski definition) is 1. The van der Waals surface area contributed by atoms with Crippen molar-refractivity contribution in [2.24, 2.45) is 4.99 Å². The number of nitrogens with one attached hydrogen (secondary N) is 1. The van der Waals surface area contributed by atoms with Crippen molar-refractivity contribution < 1.29 is 23.8 Å². The Morgan fingerprint density at radius 1 is 1.39 bits per heavy atom. The average molecular weight is 553 g/mol. The molecule has 1 N–H and O–H groups in total. The molecule has 1 aromatic heterocycles. The van der Waals surface area contributed by atoms with Gasteiger partial charge in [-0.25, -0.2) is 9.78 Å². The lowest BCUT2D eigenvalue weighted by atomic mass is 9.95. The maximum atomic E-state index is 13.3. The molecule has 0 aliphatic carbocycles. The van der Waals surface area contributed by atoms with E-state index in [-0.39, 0.29) is 19.3 Å². The van der Waals surface area contributed by atoms with Crippen LogP contribution >= 0.6 is 34.5 Å². The van der Waals surface area contributed by atoms with Crippen molar-refractivity contribution in [1.82, 2.24) is 15.2 Å². The first-order valence-corrected chi connectivity index (χ1v) is 13.1. The van der Waals surface area contributed by atoms with Crippen LogP contribution in [0.25, 0.3) is 0 Å². The lowest BCUT2D eigenvalue weighted by molar-refractivity contribution is -0.139. The summed E-state index contributed by atoms with van der Waals surface area (Å²) in [5, 5.41) is 6.77. The van der Waals surface area contributed by atoms with Crippen molar-refractivity contribution in [2.75, 3.05) is 39.5 Å². The molecule has 0 bridgehead atoms. The Kier molecular flexibility index (Phi) is 9.33. The fourth-order valence-electron chi connectivity index (χ4n) is 4.19. The zero-order valence-electron chi connectivity index (χ0n) is 19.6. The molecule has 0 radical (unpaired) electrons. The van der Waals surface area contributed by atoms with Crippen LogP contribution in [0.4, 0.5) is 0 Å². The number of ether oxygens (including phenoxy) is 3. The SMILES string of the molecule is CCOC(=O)C1=C(CN2CCOCC2CCOC=O)NC(c2nccs2)=NC1c1ccc(Cl)cc1Cl. The van der Waals surface area contributed by atoms with Crippen molar-refractivity contribution in [3.05, 3.63) is 61.7 Å². The van der Waals surface area contributed by atoms with Gasteiger partial charge in [-0.05, 0) is 25.5 Å². The molecule has 1 fully saturated rings. The summed E-state index contributed by atoms with van der Waals surface area (Å²) in [7, 11) is 0. The zero-order valence-corrected chi connectivity index (χ0v) is 21.9. The van der Waals surface area contributed by atoms with Crippen molar-refractivity contribution in [1.29, 1.82) is 0 Å². The number of esters is 1. The molecule has 9 nitrogen and oxygen atoms in total. The van der Waals surface area contributed by atoms with E-state index >= 15 is 0 Å². The highest BCUT2D eigenvalue weighted by molar-refractivity contribution is 7.11. The van der Waals surface area contributed by atoms with Gasteiger partial charge in [0.15, 0.2) is 10.8 Å². The molecule has 12 heteroatoms. The standard InChI is InChI=1S/C24H26Cl2N4O5S/c1-2-35-24(32)20-19(12-30-7-9-33-13-16(30)5-8-34-14-31)28-22(23-27-6-10-36-23)29-21(20)17-4-3-15(25)11-18(17)26/h3-4,6,10-11,14,16,21H,2,5,7-9,12-13H2,1H3,(H,28,29). The summed E-state index contributed by atoms with van der Waals surface area (Å²) in [6.45, 7) is 4.77. The molecule has 2 aliphatic heterocycles. The minimum atomic E-state index is -0.721. The Bertz CT molecular complexity index is 1140. The molecule has 2 atom stereocenters. The number of halogens is 2. The summed E-state index contributed by atoms with van der Waals surface area (Å²) < 4.78 is 16.0. The number of rotatable bonds is 10. The number of carbonyl (C=O) groups excluding carboxylic acids is 2. The van der Waals surface area contributed by atoms with Gasteiger partial charge >= 0.3 is 5.97 Å².